The average molecular weight is 551 g/mol. The summed E-state index contributed by atoms with van der Waals surface area (Å²) in [5, 5.41) is 9.27. The lowest BCUT2D eigenvalue weighted by molar-refractivity contribution is -0.225. The largest absolute Gasteiger partial charge is 0.469 e. The van der Waals surface area contributed by atoms with Crippen LogP contribution in [0.15, 0.2) is 0 Å². The van der Waals surface area contributed by atoms with E-state index in [0.29, 0.717) is 24.9 Å². The van der Waals surface area contributed by atoms with Gasteiger partial charge >= 0.3 is 17.9 Å². The first-order valence-corrected chi connectivity index (χ1v) is 15.1. The molecule has 8 heteroatoms. The molecule has 0 aromatic heterocycles. The Bertz CT molecular complexity index is 905. The van der Waals surface area contributed by atoms with Gasteiger partial charge in [0.1, 0.15) is 12.2 Å². The number of esters is 3. The van der Waals surface area contributed by atoms with E-state index in [1.165, 1.54) is 21.0 Å². The van der Waals surface area contributed by atoms with Crippen molar-refractivity contribution in [2.75, 3.05) is 20.3 Å². The summed E-state index contributed by atoms with van der Waals surface area (Å²) in [6.07, 6.45) is 7.29. The van der Waals surface area contributed by atoms with E-state index in [0.717, 1.165) is 51.4 Å². The molecule has 1 N–H and O–H groups in total. The van der Waals surface area contributed by atoms with Gasteiger partial charge in [-0.3, -0.25) is 14.4 Å². The molecule has 4 saturated carbocycles. The lowest BCUT2D eigenvalue weighted by atomic mass is 9.43. The predicted molar refractivity (Wildman–Crippen MR) is 144 cm³/mol. The van der Waals surface area contributed by atoms with Crippen molar-refractivity contribution in [3.63, 3.8) is 0 Å². The number of aliphatic hydroxyl groups excluding tert-OH is 1. The predicted octanol–water partition coefficient (Wildman–Crippen LogP) is 4.70. The molecule has 4 aliphatic rings. The Hall–Kier alpha value is -1.67. The van der Waals surface area contributed by atoms with Crippen molar-refractivity contribution in [3.05, 3.63) is 0 Å². The number of methoxy groups -OCH3 is 1. The fourth-order valence-electron chi connectivity index (χ4n) is 9.79. The summed E-state index contributed by atoms with van der Waals surface area (Å²) in [7, 11) is 1.43. The Balaban J connectivity index is 1.68. The SMILES string of the molecule is COC(=O)CC[C@@H](C)[C@H]1CC[C@H]2[C@@H]3[C@H](OC(C)=O)C[C@@H]4C[C@H](OCCO)CC[C@]4(C)[C@H]3C[C@H](OC(C)=O)[C@]12C. The number of rotatable bonds is 9. The molecule has 0 aromatic rings. The van der Waals surface area contributed by atoms with E-state index >= 15 is 0 Å². The van der Waals surface area contributed by atoms with Crippen LogP contribution in [0.4, 0.5) is 0 Å². The summed E-state index contributed by atoms with van der Waals surface area (Å²) in [6, 6.07) is 0. The van der Waals surface area contributed by atoms with Gasteiger partial charge in [-0.25, -0.2) is 0 Å². The zero-order valence-corrected chi connectivity index (χ0v) is 24.8. The Labute approximate surface area is 233 Å². The van der Waals surface area contributed by atoms with Crippen molar-refractivity contribution in [2.45, 2.75) is 111 Å². The summed E-state index contributed by atoms with van der Waals surface area (Å²) >= 11 is 0. The minimum atomic E-state index is -0.259. The van der Waals surface area contributed by atoms with Crippen molar-refractivity contribution >= 4 is 17.9 Å². The van der Waals surface area contributed by atoms with Crippen LogP contribution in [0.1, 0.15) is 92.4 Å². The van der Waals surface area contributed by atoms with Gasteiger partial charge in [0.05, 0.1) is 26.4 Å². The first-order chi connectivity index (χ1) is 18.4. The van der Waals surface area contributed by atoms with Gasteiger partial charge < -0.3 is 24.1 Å². The molecule has 11 atom stereocenters. The number of hydrogen-bond acceptors (Lipinski definition) is 8. The third-order valence-corrected chi connectivity index (χ3v) is 11.5. The number of carbonyl (C=O) groups excluding carboxylic acids is 3. The normalized spacial score (nSPS) is 41.9. The van der Waals surface area contributed by atoms with Crippen LogP contribution in [-0.4, -0.2) is 61.6 Å². The van der Waals surface area contributed by atoms with Crippen molar-refractivity contribution in [3.8, 4) is 0 Å². The second kappa shape index (κ2) is 12.1. The zero-order valence-electron chi connectivity index (χ0n) is 24.8. The molecule has 0 heterocycles. The number of fused-ring (bicyclic) bond motifs is 5. The van der Waals surface area contributed by atoms with E-state index in [9.17, 15) is 19.5 Å². The molecule has 0 unspecified atom stereocenters. The highest BCUT2D eigenvalue weighted by Gasteiger charge is 2.67. The summed E-state index contributed by atoms with van der Waals surface area (Å²) < 4.78 is 23.2. The van der Waals surface area contributed by atoms with Crippen LogP contribution in [0.5, 0.6) is 0 Å². The van der Waals surface area contributed by atoms with E-state index in [4.69, 9.17) is 18.9 Å². The molecule has 4 rings (SSSR count). The molecule has 0 aromatic carbocycles. The van der Waals surface area contributed by atoms with Crippen LogP contribution in [0.2, 0.25) is 0 Å². The lowest BCUT2D eigenvalue weighted by Crippen LogP contribution is -2.63. The van der Waals surface area contributed by atoms with Crippen LogP contribution < -0.4 is 0 Å². The van der Waals surface area contributed by atoms with Gasteiger partial charge in [0, 0.05) is 31.6 Å². The number of hydrogen-bond donors (Lipinski definition) is 1. The van der Waals surface area contributed by atoms with Crippen LogP contribution >= 0.6 is 0 Å². The number of carbonyl (C=O) groups is 3. The fraction of sp³-hybridized carbons (Fsp3) is 0.903. The third-order valence-electron chi connectivity index (χ3n) is 11.5. The minimum absolute atomic E-state index is 0.0166. The van der Waals surface area contributed by atoms with E-state index < -0.39 is 0 Å². The van der Waals surface area contributed by atoms with Gasteiger partial charge in [-0.15, -0.1) is 0 Å². The van der Waals surface area contributed by atoms with Crippen molar-refractivity contribution in [1.82, 2.24) is 0 Å². The fourth-order valence-corrected chi connectivity index (χ4v) is 9.79. The van der Waals surface area contributed by atoms with E-state index in [1.807, 2.05) is 0 Å². The molecule has 4 aliphatic carbocycles. The van der Waals surface area contributed by atoms with Crippen molar-refractivity contribution in [1.29, 1.82) is 0 Å². The topological polar surface area (TPSA) is 108 Å². The van der Waals surface area contributed by atoms with Gasteiger partial charge in [0.2, 0.25) is 0 Å². The van der Waals surface area contributed by atoms with Gasteiger partial charge in [0.15, 0.2) is 0 Å². The Morgan fingerprint density at radius 1 is 0.974 bits per heavy atom. The molecular formula is C31H50O8. The Morgan fingerprint density at radius 2 is 1.69 bits per heavy atom. The smallest absolute Gasteiger partial charge is 0.305 e. The maximum absolute atomic E-state index is 12.5. The van der Waals surface area contributed by atoms with E-state index in [2.05, 4.69) is 20.8 Å². The molecule has 0 amide bonds. The zero-order chi connectivity index (χ0) is 28.5. The summed E-state index contributed by atoms with van der Waals surface area (Å²) in [5.74, 6) is 0.955. The summed E-state index contributed by atoms with van der Waals surface area (Å²) in [5.41, 5.74) is -0.222. The molecular weight excluding hydrogens is 500 g/mol. The molecule has 222 valence electrons. The van der Waals surface area contributed by atoms with Crippen LogP contribution in [-0.2, 0) is 33.3 Å². The van der Waals surface area contributed by atoms with Crippen molar-refractivity contribution in [2.24, 2.45) is 46.3 Å². The maximum atomic E-state index is 12.5. The Morgan fingerprint density at radius 3 is 2.33 bits per heavy atom. The third kappa shape index (κ3) is 5.74. The van der Waals surface area contributed by atoms with Gasteiger partial charge in [-0.2, -0.15) is 0 Å². The van der Waals surface area contributed by atoms with Crippen LogP contribution in [0.3, 0.4) is 0 Å². The van der Waals surface area contributed by atoms with Crippen LogP contribution in [0, 0.1) is 46.3 Å². The molecule has 0 spiro atoms. The highest BCUT2D eigenvalue weighted by atomic mass is 16.6. The highest BCUT2D eigenvalue weighted by molar-refractivity contribution is 5.69. The molecule has 0 bridgehead atoms. The summed E-state index contributed by atoms with van der Waals surface area (Å²) in [6.45, 7) is 10.3. The number of aliphatic hydroxyl groups is 1. The Kier molecular flexibility index (Phi) is 9.36. The van der Waals surface area contributed by atoms with E-state index in [-0.39, 0.29) is 77.3 Å². The quantitative estimate of drug-likeness (QED) is 0.325. The van der Waals surface area contributed by atoms with Crippen LogP contribution in [0.25, 0.3) is 0 Å². The molecule has 39 heavy (non-hydrogen) atoms. The first kappa shape index (κ1) is 30.3. The first-order valence-electron chi connectivity index (χ1n) is 15.1. The van der Waals surface area contributed by atoms with Gasteiger partial charge in [0.25, 0.3) is 0 Å². The molecule has 0 aliphatic heterocycles. The molecule has 4 fully saturated rings. The monoisotopic (exact) mass is 550 g/mol. The standard InChI is InChI=1S/C31H50O8/c1-18(7-10-28(35)36-6)23-8-9-24-29-25(17-27(31(23,24)5)39-20(3)34)30(4)12-11-22(37-14-13-32)15-21(30)16-26(29)38-19(2)33/h18,21-27,29,32H,7-17H2,1-6H3/t18-,21+,22-,23-,24+,25+,26-,27+,29+,30+,31-/m1/s1. The second-order valence-electron chi connectivity index (χ2n) is 13.3. The molecule has 0 saturated heterocycles. The lowest BCUT2D eigenvalue weighted by Gasteiger charge is -2.64. The molecule has 8 nitrogen and oxygen atoms in total. The second-order valence-corrected chi connectivity index (χ2v) is 13.3. The van der Waals surface area contributed by atoms with Gasteiger partial charge in [-0.05, 0) is 86.4 Å². The maximum Gasteiger partial charge on any atom is 0.305 e. The highest BCUT2D eigenvalue weighted by Crippen LogP contribution is 2.69. The van der Waals surface area contributed by atoms with E-state index in [1.54, 1.807) is 0 Å². The number of ether oxygens (including phenoxy) is 4. The molecule has 0 radical (unpaired) electrons. The van der Waals surface area contributed by atoms with Gasteiger partial charge in [-0.1, -0.05) is 20.8 Å². The van der Waals surface area contributed by atoms with Crippen molar-refractivity contribution < 1.29 is 38.4 Å². The minimum Gasteiger partial charge on any atom is -0.469 e. The summed E-state index contributed by atoms with van der Waals surface area (Å²) in [4.78, 5) is 36.8. The average Bonchev–Trinajstić information content (AvgIpc) is 3.24.